The Kier molecular flexibility index (Phi) is 4.37. The SMILES string of the molecule is C[C@@H]1CCCN(C(=S)NCc2ccccc2)C1. The van der Waals surface area contributed by atoms with Gasteiger partial charge in [-0.3, -0.25) is 0 Å². The van der Waals surface area contributed by atoms with Crippen LogP contribution in [-0.2, 0) is 6.54 Å². The summed E-state index contributed by atoms with van der Waals surface area (Å²) in [4.78, 5) is 2.30. The minimum atomic E-state index is 0.764. The Bertz CT molecular complexity index is 364. The molecule has 92 valence electrons. The summed E-state index contributed by atoms with van der Waals surface area (Å²) in [5.41, 5.74) is 1.28. The maximum absolute atomic E-state index is 5.44. The van der Waals surface area contributed by atoms with Gasteiger partial charge in [-0.2, -0.15) is 0 Å². The number of hydrogen-bond donors (Lipinski definition) is 1. The quantitative estimate of drug-likeness (QED) is 0.810. The average Bonchev–Trinajstić information content (AvgIpc) is 2.37. The molecule has 1 aromatic rings. The molecule has 1 heterocycles. The Hall–Kier alpha value is -1.09. The fourth-order valence-electron chi connectivity index (χ4n) is 2.26. The summed E-state index contributed by atoms with van der Waals surface area (Å²) in [6.45, 7) is 5.32. The van der Waals surface area contributed by atoms with Crippen molar-refractivity contribution >= 4 is 17.3 Å². The Morgan fingerprint density at radius 1 is 1.41 bits per heavy atom. The van der Waals surface area contributed by atoms with E-state index in [0.29, 0.717) is 0 Å². The third-order valence-corrected chi connectivity index (χ3v) is 3.63. The lowest BCUT2D eigenvalue weighted by atomic mass is 10.0. The zero-order valence-corrected chi connectivity index (χ0v) is 11.2. The number of piperidine rings is 1. The van der Waals surface area contributed by atoms with Crippen molar-refractivity contribution in [1.82, 2.24) is 10.2 Å². The van der Waals surface area contributed by atoms with Crippen LogP contribution in [0.15, 0.2) is 30.3 Å². The van der Waals surface area contributed by atoms with Gasteiger partial charge in [0.1, 0.15) is 0 Å². The first-order valence-corrected chi connectivity index (χ1v) is 6.73. The van der Waals surface area contributed by atoms with Crippen LogP contribution in [-0.4, -0.2) is 23.1 Å². The Balaban J connectivity index is 1.81. The molecule has 1 aliphatic heterocycles. The van der Waals surface area contributed by atoms with E-state index < -0.39 is 0 Å². The van der Waals surface area contributed by atoms with Gasteiger partial charge < -0.3 is 10.2 Å². The van der Waals surface area contributed by atoms with Crippen molar-refractivity contribution in [2.75, 3.05) is 13.1 Å². The van der Waals surface area contributed by atoms with E-state index in [1.54, 1.807) is 0 Å². The van der Waals surface area contributed by atoms with Crippen LogP contribution in [0.1, 0.15) is 25.3 Å². The third-order valence-electron chi connectivity index (χ3n) is 3.23. The van der Waals surface area contributed by atoms with Crippen molar-refractivity contribution in [1.29, 1.82) is 0 Å². The van der Waals surface area contributed by atoms with E-state index in [1.807, 2.05) is 6.07 Å². The Morgan fingerprint density at radius 2 is 2.18 bits per heavy atom. The number of nitrogens with zero attached hydrogens (tertiary/aromatic N) is 1. The molecule has 0 radical (unpaired) electrons. The first-order valence-electron chi connectivity index (χ1n) is 6.32. The first-order chi connectivity index (χ1) is 8.25. The van der Waals surface area contributed by atoms with Crippen LogP contribution >= 0.6 is 12.2 Å². The van der Waals surface area contributed by atoms with Gasteiger partial charge in [0, 0.05) is 19.6 Å². The maximum Gasteiger partial charge on any atom is 0.169 e. The molecule has 17 heavy (non-hydrogen) atoms. The molecule has 0 bridgehead atoms. The molecule has 0 unspecified atom stereocenters. The molecule has 0 saturated carbocycles. The number of thiocarbonyl (C=S) groups is 1. The predicted molar refractivity (Wildman–Crippen MR) is 75.9 cm³/mol. The second kappa shape index (κ2) is 6.01. The summed E-state index contributed by atoms with van der Waals surface area (Å²) in [5, 5.41) is 4.25. The van der Waals surface area contributed by atoms with Gasteiger partial charge in [-0.05, 0) is 36.5 Å². The average molecular weight is 248 g/mol. The minimum Gasteiger partial charge on any atom is -0.358 e. The van der Waals surface area contributed by atoms with Gasteiger partial charge in [0.05, 0.1) is 0 Å². The molecule has 0 aliphatic carbocycles. The van der Waals surface area contributed by atoms with Crippen LogP contribution in [0.3, 0.4) is 0 Å². The highest BCUT2D eigenvalue weighted by Gasteiger charge is 2.17. The summed E-state index contributed by atoms with van der Waals surface area (Å²) in [6, 6.07) is 10.4. The lowest BCUT2D eigenvalue weighted by molar-refractivity contribution is 0.270. The largest absolute Gasteiger partial charge is 0.358 e. The van der Waals surface area contributed by atoms with Crippen LogP contribution < -0.4 is 5.32 Å². The Morgan fingerprint density at radius 3 is 2.88 bits per heavy atom. The molecule has 1 fully saturated rings. The summed E-state index contributed by atoms with van der Waals surface area (Å²) in [7, 11) is 0. The number of hydrogen-bond acceptors (Lipinski definition) is 1. The predicted octanol–water partition coefficient (Wildman–Crippen LogP) is 2.79. The molecule has 1 aliphatic rings. The smallest absolute Gasteiger partial charge is 0.169 e. The molecular weight excluding hydrogens is 228 g/mol. The molecule has 1 aromatic carbocycles. The van der Waals surface area contributed by atoms with E-state index in [0.717, 1.165) is 30.7 Å². The van der Waals surface area contributed by atoms with Crippen LogP contribution in [0.4, 0.5) is 0 Å². The van der Waals surface area contributed by atoms with Crippen molar-refractivity contribution < 1.29 is 0 Å². The highest BCUT2D eigenvalue weighted by atomic mass is 32.1. The van der Waals surface area contributed by atoms with Gasteiger partial charge in [0.25, 0.3) is 0 Å². The first kappa shape index (κ1) is 12.4. The zero-order valence-electron chi connectivity index (χ0n) is 10.4. The van der Waals surface area contributed by atoms with Crippen LogP contribution in [0.5, 0.6) is 0 Å². The highest BCUT2D eigenvalue weighted by molar-refractivity contribution is 7.80. The molecule has 1 N–H and O–H groups in total. The topological polar surface area (TPSA) is 15.3 Å². The highest BCUT2D eigenvalue weighted by Crippen LogP contribution is 2.15. The minimum absolute atomic E-state index is 0.764. The summed E-state index contributed by atoms with van der Waals surface area (Å²) in [6.07, 6.45) is 2.59. The summed E-state index contributed by atoms with van der Waals surface area (Å²) < 4.78 is 0. The lowest BCUT2D eigenvalue weighted by Gasteiger charge is -2.33. The van der Waals surface area contributed by atoms with Crippen molar-refractivity contribution in [3.63, 3.8) is 0 Å². The summed E-state index contributed by atoms with van der Waals surface area (Å²) in [5.74, 6) is 0.764. The maximum atomic E-state index is 5.44. The number of nitrogens with one attached hydrogen (secondary N) is 1. The molecule has 2 nitrogen and oxygen atoms in total. The van der Waals surface area contributed by atoms with Gasteiger partial charge in [-0.15, -0.1) is 0 Å². The summed E-state index contributed by atoms with van der Waals surface area (Å²) >= 11 is 5.44. The number of likely N-dealkylation sites (tertiary alicyclic amines) is 1. The van der Waals surface area contributed by atoms with Gasteiger partial charge >= 0.3 is 0 Å². The number of benzene rings is 1. The van der Waals surface area contributed by atoms with Crippen LogP contribution in [0.2, 0.25) is 0 Å². The second-order valence-electron chi connectivity index (χ2n) is 4.84. The molecule has 0 spiro atoms. The van der Waals surface area contributed by atoms with E-state index >= 15 is 0 Å². The van der Waals surface area contributed by atoms with E-state index in [9.17, 15) is 0 Å². The third kappa shape index (κ3) is 3.70. The van der Waals surface area contributed by atoms with E-state index in [4.69, 9.17) is 12.2 Å². The second-order valence-corrected chi connectivity index (χ2v) is 5.22. The fraction of sp³-hybridized carbons (Fsp3) is 0.500. The molecular formula is C14H20N2S. The van der Waals surface area contributed by atoms with Crippen molar-refractivity contribution in [2.45, 2.75) is 26.3 Å². The Labute approximate surface area is 109 Å². The van der Waals surface area contributed by atoms with Crippen LogP contribution in [0.25, 0.3) is 0 Å². The van der Waals surface area contributed by atoms with E-state index in [2.05, 4.69) is 41.4 Å². The van der Waals surface area contributed by atoms with Gasteiger partial charge in [0.15, 0.2) is 5.11 Å². The monoisotopic (exact) mass is 248 g/mol. The van der Waals surface area contributed by atoms with Crippen molar-refractivity contribution in [2.24, 2.45) is 5.92 Å². The standard InChI is InChI=1S/C14H20N2S/c1-12-6-5-9-16(11-12)14(17)15-10-13-7-3-2-4-8-13/h2-4,7-8,12H,5-6,9-11H2,1H3,(H,15,17)/t12-/m1/s1. The van der Waals surface area contributed by atoms with Crippen molar-refractivity contribution in [3.05, 3.63) is 35.9 Å². The molecule has 2 rings (SSSR count). The van der Waals surface area contributed by atoms with Crippen LogP contribution in [0, 0.1) is 5.92 Å². The van der Waals surface area contributed by atoms with E-state index in [-0.39, 0.29) is 0 Å². The lowest BCUT2D eigenvalue weighted by Crippen LogP contribution is -2.44. The van der Waals surface area contributed by atoms with Gasteiger partial charge in [-0.1, -0.05) is 37.3 Å². The van der Waals surface area contributed by atoms with Gasteiger partial charge in [-0.25, -0.2) is 0 Å². The normalized spacial score (nSPS) is 20.1. The molecule has 1 atom stereocenters. The van der Waals surface area contributed by atoms with Crippen molar-refractivity contribution in [3.8, 4) is 0 Å². The molecule has 1 saturated heterocycles. The zero-order chi connectivity index (χ0) is 12.1. The fourth-order valence-corrected chi connectivity index (χ4v) is 2.50. The van der Waals surface area contributed by atoms with E-state index in [1.165, 1.54) is 18.4 Å². The van der Waals surface area contributed by atoms with Gasteiger partial charge in [0.2, 0.25) is 0 Å². The number of rotatable bonds is 2. The molecule has 0 aromatic heterocycles. The molecule has 0 amide bonds. The molecule has 3 heteroatoms.